The molecule has 9 nitrogen and oxygen atoms in total. The first kappa shape index (κ1) is 18.6. The molecule has 0 aliphatic carbocycles. The molecule has 0 aliphatic rings. The van der Waals surface area contributed by atoms with Crippen LogP contribution >= 0.6 is 0 Å². The van der Waals surface area contributed by atoms with Crippen LogP contribution in [0.2, 0.25) is 0 Å². The zero-order valence-corrected chi connectivity index (χ0v) is 13.8. The van der Waals surface area contributed by atoms with Crippen molar-refractivity contribution in [1.82, 2.24) is 15.1 Å². The maximum atomic E-state index is 11.8. The van der Waals surface area contributed by atoms with Crippen LogP contribution in [0.4, 0.5) is 5.69 Å². The Morgan fingerprint density at radius 1 is 1.39 bits per heavy atom. The lowest BCUT2D eigenvalue weighted by Crippen LogP contribution is -2.32. The second-order valence-corrected chi connectivity index (χ2v) is 6.04. The predicted octanol–water partition coefficient (Wildman–Crippen LogP) is 1.42. The van der Waals surface area contributed by atoms with E-state index >= 15 is 0 Å². The van der Waals surface area contributed by atoms with Crippen molar-refractivity contribution in [1.29, 1.82) is 0 Å². The summed E-state index contributed by atoms with van der Waals surface area (Å²) in [5.74, 6) is -1.16. The van der Waals surface area contributed by atoms with E-state index in [4.69, 9.17) is 5.11 Å². The molecule has 9 heteroatoms. The Hall–Kier alpha value is -2.45. The summed E-state index contributed by atoms with van der Waals surface area (Å²) in [5.41, 5.74) is -0.208. The van der Waals surface area contributed by atoms with E-state index < -0.39 is 16.3 Å². The molecule has 1 heterocycles. The Morgan fingerprint density at radius 2 is 2.00 bits per heavy atom. The number of hydrogen-bond acceptors (Lipinski definition) is 5. The molecule has 0 aromatic carbocycles. The van der Waals surface area contributed by atoms with Gasteiger partial charge in [0.2, 0.25) is 5.91 Å². The number of aromatic nitrogens is 2. The third kappa shape index (κ3) is 4.76. The van der Waals surface area contributed by atoms with Gasteiger partial charge < -0.3 is 10.4 Å². The Bertz CT molecular complexity index is 621. The SMILES string of the molecule is Cc1nn(CCC(=O)NCCC(C)(C)C(=O)O)c(C)c1[N+](=O)[O-]. The molecule has 0 bridgehead atoms. The highest BCUT2D eigenvalue weighted by molar-refractivity contribution is 5.76. The van der Waals surface area contributed by atoms with Crippen molar-refractivity contribution in [2.24, 2.45) is 5.41 Å². The summed E-state index contributed by atoms with van der Waals surface area (Å²) in [7, 11) is 0. The maximum absolute atomic E-state index is 11.8. The molecule has 0 fully saturated rings. The molecule has 2 N–H and O–H groups in total. The van der Waals surface area contributed by atoms with E-state index in [0.29, 0.717) is 17.8 Å². The zero-order chi connectivity index (χ0) is 17.8. The zero-order valence-electron chi connectivity index (χ0n) is 13.8. The first-order chi connectivity index (χ1) is 10.6. The first-order valence-electron chi connectivity index (χ1n) is 7.24. The number of carbonyl (C=O) groups excluding carboxylic acids is 1. The van der Waals surface area contributed by atoms with Gasteiger partial charge in [-0.1, -0.05) is 0 Å². The quantitative estimate of drug-likeness (QED) is 0.549. The molecule has 0 saturated heterocycles. The highest BCUT2D eigenvalue weighted by atomic mass is 16.6. The molecular weight excluding hydrogens is 304 g/mol. The fourth-order valence-corrected chi connectivity index (χ4v) is 2.09. The smallest absolute Gasteiger partial charge is 0.312 e. The van der Waals surface area contributed by atoms with E-state index in [1.807, 2.05) is 0 Å². The number of aryl methyl sites for hydroxylation is 2. The van der Waals surface area contributed by atoms with Gasteiger partial charge in [-0.2, -0.15) is 5.10 Å². The Morgan fingerprint density at radius 3 is 2.48 bits per heavy atom. The van der Waals surface area contributed by atoms with Crippen LogP contribution in [0.25, 0.3) is 0 Å². The highest BCUT2D eigenvalue weighted by Crippen LogP contribution is 2.22. The number of nitro groups is 1. The summed E-state index contributed by atoms with van der Waals surface area (Å²) >= 11 is 0. The summed E-state index contributed by atoms with van der Waals surface area (Å²) < 4.78 is 1.44. The van der Waals surface area contributed by atoms with E-state index in [-0.39, 0.29) is 31.1 Å². The van der Waals surface area contributed by atoms with Crippen LogP contribution in [0.15, 0.2) is 0 Å². The highest BCUT2D eigenvalue weighted by Gasteiger charge is 2.26. The number of rotatable bonds is 8. The second-order valence-electron chi connectivity index (χ2n) is 6.04. The average Bonchev–Trinajstić information content (AvgIpc) is 2.70. The van der Waals surface area contributed by atoms with Crippen LogP contribution in [0.5, 0.6) is 0 Å². The molecule has 1 aromatic rings. The second kappa shape index (κ2) is 7.21. The van der Waals surface area contributed by atoms with Gasteiger partial charge in [0.25, 0.3) is 0 Å². The molecule has 0 radical (unpaired) electrons. The lowest BCUT2D eigenvalue weighted by molar-refractivity contribution is -0.386. The van der Waals surface area contributed by atoms with Gasteiger partial charge in [0.05, 0.1) is 16.9 Å². The molecule has 0 spiro atoms. The number of nitrogens with zero attached hydrogens (tertiary/aromatic N) is 3. The van der Waals surface area contributed by atoms with Gasteiger partial charge in [-0.15, -0.1) is 0 Å². The third-order valence-electron chi connectivity index (χ3n) is 3.73. The van der Waals surface area contributed by atoms with Crippen molar-refractivity contribution in [3.63, 3.8) is 0 Å². The van der Waals surface area contributed by atoms with Gasteiger partial charge in [-0.3, -0.25) is 24.4 Å². The average molecular weight is 326 g/mol. The Labute approximate surface area is 133 Å². The normalized spacial score (nSPS) is 11.3. The van der Waals surface area contributed by atoms with Crippen LogP contribution in [-0.4, -0.2) is 38.2 Å². The van der Waals surface area contributed by atoms with E-state index in [1.54, 1.807) is 27.7 Å². The van der Waals surface area contributed by atoms with Gasteiger partial charge in [0.1, 0.15) is 11.4 Å². The van der Waals surface area contributed by atoms with Crippen molar-refractivity contribution in [2.75, 3.05) is 6.54 Å². The van der Waals surface area contributed by atoms with Gasteiger partial charge in [0, 0.05) is 13.0 Å². The number of amides is 1. The largest absolute Gasteiger partial charge is 0.481 e. The van der Waals surface area contributed by atoms with Crippen molar-refractivity contribution in [2.45, 2.75) is 47.1 Å². The topological polar surface area (TPSA) is 127 Å². The summed E-state index contributed by atoms with van der Waals surface area (Å²) in [6.07, 6.45) is 0.437. The number of carboxylic acid groups (broad SMARTS) is 1. The van der Waals surface area contributed by atoms with E-state index in [2.05, 4.69) is 10.4 Å². The standard InChI is InChI=1S/C14H22N4O5/c1-9-12(18(22)23)10(2)17(16-9)8-5-11(19)15-7-6-14(3,4)13(20)21/h5-8H2,1-4H3,(H,15,19)(H,20,21). The number of nitrogens with one attached hydrogen (secondary N) is 1. The van der Waals surface area contributed by atoms with Crippen molar-refractivity contribution < 1.29 is 19.6 Å². The molecule has 23 heavy (non-hydrogen) atoms. The van der Waals surface area contributed by atoms with Crippen molar-refractivity contribution in [3.8, 4) is 0 Å². The molecule has 1 aromatic heterocycles. The molecule has 1 amide bonds. The molecule has 0 atom stereocenters. The van der Waals surface area contributed by atoms with E-state index in [0.717, 1.165) is 0 Å². The van der Waals surface area contributed by atoms with Crippen LogP contribution in [0.1, 0.15) is 38.1 Å². The lowest BCUT2D eigenvalue weighted by Gasteiger charge is -2.18. The molecule has 0 unspecified atom stereocenters. The molecule has 0 saturated carbocycles. The summed E-state index contributed by atoms with van der Waals surface area (Å²) in [4.78, 5) is 33.2. The van der Waals surface area contributed by atoms with E-state index in [1.165, 1.54) is 4.68 Å². The van der Waals surface area contributed by atoms with Crippen molar-refractivity contribution >= 4 is 17.6 Å². The van der Waals surface area contributed by atoms with Crippen LogP contribution in [0.3, 0.4) is 0 Å². The maximum Gasteiger partial charge on any atom is 0.312 e. The minimum Gasteiger partial charge on any atom is -0.481 e. The molecule has 0 aliphatic heterocycles. The van der Waals surface area contributed by atoms with Gasteiger partial charge in [-0.25, -0.2) is 0 Å². The monoisotopic (exact) mass is 326 g/mol. The van der Waals surface area contributed by atoms with E-state index in [9.17, 15) is 19.7 Å². The van der Waals surface area contributed by atoms with Gasteiger partial charge in [-0.05, 0) is 34.1 Å². The third-order valence-corrected chi connectivity index (χ3v) is 3.73. The van der Waals surface area contributed by atoms with Crippen LogP contribution in [-0.2, 0) is 16.1 Å². The number of aliphatic carboxylic acids is 1. The minimum atomic E-state index is -0.915. The first-order valence-corrected chi connectivity index (χ1v) is 7.24. The molecule has 1 rings (SSSR count). The summed E-state index contributed by atoms with van der Waals surface area (Å²) in [6, 6.07) is 0. The Kier molecular flexibility index (Phi) is 5.83. The van der Waals surface area contributed by atoms with Gasteiger partial charge in [0.15, 0.2) is 0 Å². The number of hydrogen-bond donors (Lipinski definition) is 2. The summed E-state index contributed by atoms with van der Waals surface area (Å²) in [5, 5.41) is 26.6. The minimum absolute atomic E-state index is 0.0337. The lowest BCUT2D eigenvalue weighted by atomic mass is 9.90. The number of carbonyl (C=O) groups is 2. The number of carboxylic acids is 1. The Balaban J connectivity index is 2.50. The molecule has 128 valence electrons. The van der Waals surface area contributed by atoms with Crippen molar-refractivity contribution in [3.05, 3.63) is 21.5 Å². The fourth-order valence-electron chi connectivity index (χ4n) is 2.09. The molecular formula is C14H22N4O5. The fraction of sp³-hybridized carbons (Fsp3) is 0.643. The summed E-state index contributed by atoms with van der Waals surface area (Å²) in [6.45, 7) is 6.82. The predicted molar refractivity (Wildman–Crippen MR) is 82.0 cm³/mol. The van der Waals surface area contributed by atoms with Gasteiger partial charge >= 0.3 is 11.7 Å². The van der Waals surface area contributed by atoms with Crippen LogP contribution < -0.4 is 5.32 Å². The van der Waals surface area contributed by atoms with Crippen LogP contribution in [0, 0.1) is 29.4 Å².